The summed E-state index contributed by atoms with van der Waals surface area (Å²) >= 11 is 5.99. The Morgan fingerprint density at radius 1 is 1.24 bits per heavy atom. The molecule has 1 atom stereocenters. The van der Waals surface area contributed by atoms with Gasteiger partial charge in [-0.1, -0.05) is 11.6 Å². The highest BCUT2D eigenvalue weighted by Gasteiger charge is 2.19. The van der Waals surface area contributed by atoms with Crippen LogP contribution < -0.4 is 4.74 Å². The minimum atomic E-state index is -0.638. The molecule has 9 heteroatoms. The molecule has 0 radical (unpaired) electrons. The number of hydrogen-bond donors (Lipinski definition) is 0. The summed E-state index contributed by atoms with van der Waals surface area (Å²) in [5, 5.41) is 18.6. The molecule has 128 valence electrons. The van der Waals surface area contributed by atoms with Crippen molar-refractivity contribution in [2.75, 3.05) is 0 Å². The molecule has 0 saturated heterocycles. The molecule has 3 rings (SSSR count). The van der Waals surface area contributed by atoms with Crippen molar-refractivity contribution in [3.8, 4) is 17.2 Å². The molecule has 0 amide bonds. The molecule has 0 unspecified atom stereocenters. The zero-order valence-corrected chi connectivity index (χ0v) is 13.6. The van der Waals surface area contributed by atoms with Crippen LogP contribution in [0.5, 0.6) is 5.75 Å². The Hall–Kier alpha value is -3.00. The zero-order chi connectivity index (χ0) is 18.0. The van der Waals surface area contributed by atoms with Crippen molar-refractivity contribution in [3.63, 3.8) is 0 Å². The third-order valence-corrected chi connectivity index (χ3v) is 3.60. The summed E-state index contributed by atoms with van der Waals surface area (Å²) in [5.41, 5.74) is 0.433. The highest BCUT2D eigenvalue weighted by Crippen LogP contribution is 2.32. The van der Waals surface area contributed by atoms with Gasteiger partial charge in [0.2, 0.25) is 5.89 Å². The summed E-state index contributed by atoms with van der Waals surface area (Å²) < 4.78 is 24.1. The van der Waals surface area contributed by atoms with Crippen LogP contribution in [0.2, 0.25) is 5.02 Å². The number of nitro groups is 1. The van der Waals surface area contributed by atoms with E-state index in [0.717, 1.165) is 0 Å². The minimum absolute atomic E-state index is 0.0966. The minimum Gasteiger partial charge on any atom is -0.479 e. The molecule has 1 aromatic heterocycles. The van der Waals surface area contributed by atoms with Crippen LogP contribution >= 0.6 is 11.6 Å². The van der Waals surface area contributed by atoms with Crippen LogP contribution in [-0.4, -0.2) is 15.1 Å². The largest absolute Gasteiger partial charge is 0.479 e. The van der Waals surface area contributed by atoms with Crippen molar-refractivity contribution in [2.45, 2.75) is 13.0 Å². The molecule has 0 aliphatic rings. The van der Waals surface area contributed by atoms with E-state index in [1.807, 2.05) is 0 Å². The first kappa shape index (κ1) is 16.8. The van der Waals surface area contributed by atoms with Gasteiger partial charge in [0, 0.05) is 17.7 Å². The lowest BCUT2D eigenvalue weighted by Gasteiger charge is -2.12. The first-order valence-corrected chi connectivity index (χ1v) is 7.52. The third kappa shape index (κ3) is 3.74. The second-order valence-corrected chi connectivity index (χ2v) is 5.49. The highest BCUT2D eigenvalue weighted by atomic mass is 35.5. The van der Waals surface area contributed by atoms with Crippen LogP contribution in [-0.2, 0) is 0 Å². The van der Waals surface area contributed by atoms with E-state index in [4.69, 9.17) is 20.8 Å². The number of halogens is 2. The summed E-state index contributed by atoms with van der Waals surface area (Å²) in [6, 6.07) is 9.49. The normalized spacial score (nSPS) is 12.0. The van der Waals surface area contributed by atoms with Crippen molar-refractivity contribution in [3.05, 3.63) is 69.3 Å². The van der Waals surface area contributed by atoms with Crippen LogP contribution in [0.3, 0.4) is 0 Å². The number of benzene rings is 2. The van der Waals surface area contributed by atoms with Gasteiger partial charge in [-0.25, -0.2) is 4.39 Å². The number of aromatic nitrogens is 2. The van der Waals surface area contributed by atoms with Crippen molar-refractivity contribution in [1.82, 2.24) is 10.2 Å². The number of hydrogen-bond acceptors (Lipinski definition) is 6. The van der Waals surface area contributed by atoms with E-state index in [0.29, 0.717) is 5.56 Å². The molecule has 0 fully saturated rings. The molecule has 0 saturated carbocycles. The number of ether oxygens (including phenoxy) is 1. The van der Waals surface area contributed by atoms with Crippen LogP contribution in [0.1, 0.15) is 18.9 Å². The molecule has 0 bridgehead atoms. The number of rotatable bonds is 5. The van der Waals surface area contributed by atoms with Crippen molar-refractivity contribution in [1.29, 1.82) is 0 Å². The van der Waals surface area contributed by atoms with Gasteiger partial charge < -0.3 is 9.15 Å². The highest BCUT2D eigenvalue weighted by molar-refractivity contribution is 6.32. The van der Waals surface area contributed by atoms with Gasteiger partial charge in [-0.05, 0) is 37.3 Å². The fourth-order valence-corrected chi connectivity index (χ4v) is 2.27. The fraction of sp³-hybridized carbons (Fsp3) is 0.125. The fourth-order valence-electron chi connectivity index (χ4n) is 2.05. The third-order valence-electron chi connectivity index (χ3n) is 3.31. The molecule has 3 aromatic rings. The van der Waals surface area contributed by atoms with E-state index < -0.39 is 11.0 Å². The van der Waals surface area contributed by atoms with E-state index in [9.17, 15) is 14.5 Å². The van der Waals surface area contributed by atoms with Crippen molar-refractivity contribution >= 4 is 17.3 Å². The van der Waals surface area contributed by atoms with Crippen LogP contribution in [0, 0.1) is 15.9 Å². The van der Waals surface area contributed by atoms with Gasteiger partial charge in [0.1, 0.15) is 11.6 Å². The summed E-state index contributed by atoms with van der Waals surface area (Å²) in [6.07, 6.45) is -0.638. The molecular formula is C16H11ClFN3O4. The van der Waals surface area contributed by atoms with E-state index in [1.54, 1.807) is 6.92 Å². The Morgan fingerprint density at radius 2 is 1.96 bits per heavy atom. The first-order chi connectivity index (χ1) is 11.9. The molecule has 0 spiro atoms. The Labute approximate surface area is 146 Å². The lowest BCUT2D eigenvalue weighted by atomic mass is 10.2. The topological polar surface area (TPSA) is 91.3 Å². The first-order valence-electron chi connectivity index (χ1n) is 7.14. The number of non-ortho nitro benzene ring substituents is 1. The standard InChI is InChI=1S/C16H11ClFN3O4/c1-9(24-14-7-6-12(21(22)23)8-13(14)17)15-19-20-16(25-15)10-2-4-11(18)5-3-10/h2-9H,1H3/t9-/m1/s1. The number of nitrogens with zero attached hydrogens (tertiary/aromatic N) is 3. The second kappa shape index (κ2) is 6.86. The molecular weight excluding hydrogens is 353 g/mol. The predicted octanol–water partition coefficient (Wildman–Crippen LogP) is 4.58. The van der Waals surface area contributed by atoms with Crippen LogP contribution in [0.15, 0.2) is 46.9 Å². The van der Waals surface area contributed by atoms with Crippen molar-refractivity contribution < 1.29 is 18.5 Å². The second-order valence-electron chi connectivity index (χ2n) is 5.08. The summed E-state index contributed by atoms with van der Waals surface area (Å²) in [4.78, 5) is 10.2. The van der Waals surface area contributed by atoms with E-state index in [-0.39, 0.29) is 34.1 Å². The van der Waals surface area contributed by atoms with Gasteiger partial charge in [-0.3, -0.25) is 10.1 Å². The number of nitro benzene ring substituents is 1. The average Bonchev–Trinajstić information content (AvgIpc) is 3.07. The monoisotopic (exact) mass is 363 g/mol. The zero-order valence-electron chi connectivity index (χ0n) is 12.8. The van der Waals surface area contributed by atoms with Gasteiger partial charge in [0.15, 0.2) is 6.10 Å². The molecule has 0 aliphatic carbocycles. The SMILES string of the molecule is C[C@@H](Oc1ccc([N+](=O)[O-])cc1Cl)c1nnc(-c2ccc(F)cc2)o1. The molecule has 25 heavy (non-hydrogen) atoms. The Kier molecular flexibility index (Phi) is 4.62. The maximum absolute atomic E-state index is 13.0. The van der Waals surface area contributed by atoms with Gasteiger partial charge in [0.05, 0.1) is 9.95 Å². The lowest BCUT2D eigenvalue weighted by Crippen LogP contribution is -2.04. The van der Waals surface area contributed by atoms with Crippen LogP contribution in [0.4, 0.5) is 10.1 Å². The van der Waals surface area contributed by atoms with Crippen molar-refractivity contribution in [2.24, 2.45) is 0 Å². The summed E-state index contributed by atoms with van der Waals surface area (Å²) in [6.45, 7) is 1.67. The lowest BCUT2D eigenvalue weighted by molar-refractivity contribution is -0.384. The molecule has 0 N–H and O–H groups in total. The van der Waals surface area contributed by atoms with E-state index in [1.165, 1.54) is 42.5 Å². The predicted molar refractivity (Wildman–Crippen MR) is 86.8 cm³/mol. The molecule has 0 aliphatic heterocycles. The van der Waals surface area contributed by atoms with Crippen LogP contribution in [0.25, 0.3) is 11.5 Å². The van der Waals surface area contributed by atoms with Gasteiger partial charge in [0.25, 0.3) is 11.6 Å². The van der Waals surface area contributed by atoms with E-state index >= 15 is 0 Å². The maximum atomic E-state index is 13.0. The smallest absolute Gasteiger partial charge is 0.271 e. The Bertz CT molecular complexity index is 914. The summed E-state index contributed by atoms with van der Waals surface area (Å²) in [5.74, 6) is 0.295. The van der Waals surface area contributed by atoms with E-state index in [2.05, 4.69) is 10.2 Å². The quantitative estimate of drug-likeness (QED) is 0.486. The maximum Gasteiger partial charge on any atom is 0.271 e. The molecule has 7 nitrogen and oxygen atoms in total. The van der Waals surface area contributed by atoms with Gasteiger partial charge in [-0.2, -0.15) is 0 Å². The average molecular weight is 364 g/mol. The molecule has 2 aromatic carbocycles. The molecule has 1 heterocycles. The van der Waals surface area contributed by atoms with Gasteiger partial charge >= 0.3 is 0 Å². The van der Waals surface area contributed by atoms with Gasteiger partial charge in [-0.15, -0.1) is 10.2 Å². The Morgan fingerprint density at radius 3 is 2.60 bits per heavy atom. The Balaban J connectivity index is 1.77. The summed E-state index contributed by atoms with van der Waals surface area (Å²) in [7, 11) is 0.